The zero-order valence-corrected chi connectivity index (χ0v) is 19.4. The molecule has 166 valence electrons. The van der Waals surface area contributed by atoms with Gasteiger partial charge in [0.1, 0.15) is 12.4 Å². The lowest BCUT2D eigenvalue weighted by Gasteiger charge is -2.22. The summed E-state index contributed by atoms with van der Waals surface area (Å²) in [6.07, 6.45) is 6.98. The standard InChI is InChI=1S/C24H35N7/c1-6-25-24(29(4)17-21-18-30(5)28-23(21)19(2)3)27-16-22-26-13-15-31(22)14-12-20-10-8-7-9-11-20/h7-11,13,15,18-19H,6,12,14,16-17H2,1-5H3,(H,25,27). The molecule has 0 spiro atoms. The Labute approximate surface area is 185 Å². The lowest BCUT2D eigenvalue weighted by atomic mass is 10.1. The highest BCUT2D eigenvalue weighted by Gasteiger charge is 2.15. The van der Waals surface area contributed by atoms with E-state index in [1.165, 1.54) is 11.1 Å². The van der Waals surface area contributed by atoms with E-state index in [1.807, 2.05) is 24.1 Å². The summed E-state index contributed by atoms with van der Waals surface area (Å²) in [6.45, 7) is 9.47. The van der Waals surface area contributed by atoms with Crippen molar-refractivity contribution in [2.45, 2.75) is 52.7 Å². The van der Waals surface area contributed by atoms with Gasteiger partial charge in [0.05, 0.1) is 5.69 Å². The number of guanidine groups is 1. The predicted molar refractivity (Wildman–Crippen MR) is 126 cm³/mol. The molecule has 1 aromatic carbocycles. The third kappa shape index (κ3) is 6.20. The predicted octanol–water partition coefficient (Wildman–Crippen LogP) is 3.58. The van der Waals surface area contributed by atoms with E-state index in [-0.39, 0.29) is 0 Å². The van der Waals surface area contributed by atoms with E-state index >= 15 is 0 Å². The van der Waals surface area contributed by atoms with Crippen LogP contribution in [-0.4, -0.2) is 43.8 Å². The van der Waals surface area contributed by atoms with Crippen molar-refractivity contribution >= 4 is 5.96 Å². The SMILES string of the molecule is CCNC(=NCc1nccn1CCc1ccccc1)N(C)Cc1cn(C)nc1C(C)C. The molecule has 2 heterocycles. The number of aromatic nitrogens is 4. The Morgan fingerprint density at radius 2 is 2.00 bits per heavy atom. The van der Waals surface area contributed by atoms with Crippen LogP contribution in [0.2, 0.25) is 0 Å². The van der Waals surface area contributed by atoms with Crippen molar-refractivity contribution in [3.8, 4) is 0 Å². The molecule has 0 bridgehead atoms. The highest BCUT2D eigenvalue weighted by atomic mass is 15.3. The number of aliphatic imine (C=N–C) groups is 1. The van der Waals surface area contributed by atoms with E-state index in [9.17, 15) is 0 Å². The van der Waals surface area contributed by atoms with Crippen LogP contribution in [-0.2, 0) is 33.1 Å². The second kappa shape index (κ2) is 10.8. The second-order valence-electron chi connectivity index (χ2n) is 8.17. The molecule has 0 unspecified atom stereocenters. The topological polar surface area (TPSA) is 63.3 Å². The summed E-state index contributed by atoms with van der Waals surface area (Å²) in [5.41, 5.74) is 3.70. The van der Waals surface area contributed by atoms with Gasteiger partial charge in [-0.25, -0.2) is 9.98 Å². The van der Waals surface area contributed by atoms with E-state index in [1.54, 1.807) is 0 Å². The minimum absolute atomic E-state index is 0.390. The van der Waals surface area contributed by atoms with E-state index in [2.05, 4.69) is 89.2 Å². The van der Waals surface area contributed by atoms with Crippen LogP contribution >= 0.6 is 0 Å². The minimum Gasteiger partial charge on any atom is -0.357 e. The maximum Gasteiger partial charge on any atom is 0.194 e. The molecule has 0 aliphatic carbocycles. The molecule has 0 amide bonds. The first-order valence-corrected chi connectivity index (χ1v) is 11.0. The van der Waals surface area contributed by atoms with Gasteiger partial charge in [0.25, 0.3) is 0 Å². The third-order valence-electron chi connectivity index (χ3n) is 5.24. The van der Waals surface area contributed by atoms with Gasteiger partial charge in [-0.1, -0.05) is 44.2 Å². The van der Waals surface area contributed by atoms with Gasteiger partial charge in [0, 0.05) is 57.9 Å². The van der Waals surface area contributed by atoms with Crippen LogP contribution in [0.1, 0.15) is 49.3 Å². The Bertz CT molecular complexity index is 969. The van der Waals surface area contributed by atoms with E-state index in [0.29, 0.717) is 12.5 Å². The molecule has 0 aliphatic rings. The van der Waals surface area contributed by atoms with Gasteiger partial charge < -0.3 is 14.8 Å². The van der Waals surface area contributed by atoms with Crippen molar-refractivity contribution in [1.82, 2.24) is 29.5 Å². The number of nitrogens with one attached hydrogen (secondary N) is 1. The summed E-state index contributed by atoms with van der Waals surface area (Å²) in [6, 6.07) is 10.5. The van der Waals surface area contributed by atoms with Gasteiger partial charge in [0.15, 0.2) is 5.96 Å². The van der Waals surface area contributed by atoms with Gasteiger partial charge in [-0.3, -0.25) is 4.68 Å². The van der Waals surface area contributed by atoms with Crippen LogP contribution in [0, 0.1) is 0 Å². The van der Waals surface area contributed by atoms with Gasteiger partial charge in [-0.2, -0.15) is 5.10 Å². The molecule has 0 fully saturated rings. The molecule has 1 N–H and O–H groups in total. The van der Waals surface area contributed by atoms with Crippen molar-refractivity contribution < 1.29 is 0 Å². The molecule has 7 nitrogen and oxygen atoms in total. The van der Waals surface area contributed by atoms with Crippen molar-refractivity contribution in [2.24, 2.45) is 12.0 Å². The maximum absolute atomic E-state index is 4.87. The summed E-state index contributed by atoms with van der Waals surface area (Å²) in [7, 11) is 4.05. The monoisotopic (exact) mass is 421 g/mol. The molecule has 3 rings (SSSR count). The van der Waals surface area contributed by atoms with E-state index in [0.717, 1.165) is 43.5 Å². The van der Waals surface area contributed by atoms with Gasteiger partial charge in [-0.15, -0.1) is 0 Å². The van der Waals surface area contributed by atoms with Crippen LogP contribution in [0.25, 0.3) is 0 Å². The van der Waals surface area contributed by atoms with Crippen LogP contribution in [0.3, 0.4) is 0 Å². The smallest absolute Gasteiger partial charge is 0.194 e. The van der Waals surface area contributed by atoms with Crippen molar-refractivity contribution in [3.05, 3.63) is 71.6 Å². The van der Waals surface area contributed by atoms with Crippen molar-refractivity contribution in [2.75, 3.05) is 13.6 Å². The summed E-state index contributed by atoms with van der Waals surface area (Å²) < 4.78 is 4.09. The molecule has 7 heteroatoms. The normalized spacial score (nSPS) is 11.9. The Balaban J connectivity index is 1.68. The average Bonchev–Trinajstić information content (AvgIpc) is 3.36. The van der Waals surface area contributed by atoms with Crippen LogP contribution in [0.4, 0.5) is 0 Å². The lowest BCUT2D eigenvalue weighted by Crippen LogP contribution is -2.38. The summed E-state index contributed by atoms with van der Waals surface area (Å²) in [5.74, 6) is 2.24. The fourth-order valence-electron chi connectivity index (χ4n) is 3.70. The van der Waals surface area contributed by atoms with Crippen LogP contribution < -0.4 is 5.32 Å². The van der Waals surface area contributed by atoms with E-state index in [4.69, 9.17) is 4.99 Å². The largest absolute Gasteiger partial charge is 0.357 e. The molecular weight excluding hydrogens is 386 g/mol. The molecule has 0 atom stereocenters. The zero-order chi connectivity index (χ0) is 22.2. The van der Waals surface area contributed by atoms with Crippen molar-refractivity contribution in [1.29, 1.82) is 0 Å². The Hall–Kier alpha value is -3.09. The van der Waals surface area contributed by atoms with E-state index < -0.39 is 0 Å². The Morgan fingerprint density at radius 1 is 1.23 bits per heavy atom. The molecule has 2 aromatic heterocycles. The summed E-state index contributed by atoms with van der Waals surface area (Å²) >= 11 is 0. The molecule has 0 saturated carbocycles. The number of benzene rings is 1. The second-order valence-corrected chi connectivity index (χ2v) is 8.17. The molecule has 31 heavy (non-hydrogen) atoms. The maximum atomic E-state index is 4.87. The summed E-state index contributed by atoms with van der Waals surface area (Å²) in [4.78, 5) is 11.6. The van der Waals surface area contributed by atoms with Gasteiger partial charge in [0.2, 0.25) is 0 Å². The lowest BCUT2D eigenvalue weighted by molar-refractivity contribution is 0.472. The Morgan fingerprint density at radius 3 is 2.71 bits per heavy atom. The molecule has 3 aromatic rings. The number of imidazole rings is 1. The number of rotatable bonds is 9. The summed E-state index contributed by atoms with van der Waals surface area (Å²) in [5, 5.41) is 8.04. The first kappa shape index (κ1) is 22.6. The number of aryl methyl sites for hydroxylation is 3. The first-order valence-electron chi connectivity index (χ1n) is 11.0. The minimum atomic E-state index is 0.390. The quantitative estimate of drug-likeness (QED) is 0.424. The molecular formula is C24H35N7. The molecule has 0 aliphatic heterocycles. The van der Waals surface area contributed by atoms with Crippen LogP contribution in [0.15, 0.2) is 53.9 Å². The van der Waals surface area contributed by atoms with Crippen molar-refractivity contribution in [3.63, 3.8) is 0 Å². The third-order valence-corrected chi connectivity index (χ3v) is 5.24. The molecule has 0 saturated heterocycles. The number of hydrogen-bond acceptors (Lipinski definition) is 3. The fourth-order valence-corrected chi connectivity index (χ4v) is 3.70. The number of hydrogen-bond donors (Lipinski definition) is 1. The van der Waals surface area contributed by atoms with Gasteiger partial charge in [-0.05, 0) is 24.8 Å². The first-order chi connectivity index (χ1) is 15.0. The Kier molecular flexibility index (Phi) is 7.87. The highest BCUT2D eigenvalue weighted by Crippen LogP contribution is 2.18. The van der Waals surface area contributed by atoms with Gasteiger partial charge >= 0.3 is 0 Å². The molecule has 0 radical (unpaired) electrons. The van der Waals surface area contributed by atoms with Crippen LogP contribution in [0.5, 0.6) is 0 Å². The average molecular weight is 422 g/mol. The highest BCUT2D eigenvalue weighted by molar-refractivity contribution is 5.79. The zero-order valence-electron chi connectivity index (χ0n) is 19.4. The number of nitrogens with zero attached hydrogens (tertiary/aromatic N) is 6. The fraction of sp³-hybridized carbons (Fsp3) is 0.458.